The molecule has 1 aliphatic heterocycles. The van der Waals surface area contributed by atoms with Crippen LogP contribution in [0.25, 0.3) is 0 Å². The molecule has 3 aliphatic carbocycles. The van der Waals surface area contributed by atoms with Crippen molar-refractivity contribution in [3.8, 4) is 5.88 Å². The Hall–Kier alpha value is -2.39. The van der Waals surface area contributed by atoms with E-state index in [1.54, 1.807) is 4.68 Å². The third kappa shape index (κ3) is 3.09. The molecule has 6 rings (SSSR count). The highest BCUT2D eigenvalue weighted by atomic mass is 32.2. The number of nitrogens with one attached hydrogen (secondary N) is 1. The molecule has 2 aromatic rings. The predicted octanol–water partition coefficient (Wildman–Crippen LogP) is 3.36. The molecule has 0 unspecified atom stereocenters. The smallest absolute Gasteiger partial charge is 0.354 e. The lowest BCUT2D eigenvalue weighted by Crippen LogP contribution is -2.43. The number of nitrogens with two attached hydrogens (primary N) is 1. The average molecular weight is 442 g/mol. The van der Waals surface area contributed by atoms with Crippen molar-refractivity contribution >= 4 is 21.6 Å². The first kappa shape index (κ1) is 19.3. The molecule has 1 aromatic heterocycles. The molecule has 2 amide bonds. The number of rotatable bonds is 2. The number of aryl methyl sites for hydroxylation is 2. The number of amides is 2. The fourth-order valence-electron chi connectivity index (χ4n) is 5.65. The van der Waals surface area contributed by atoms with Crippen LogP contribution in [0, 0.1) is 5.41 Å². The minimum atomic E-state index is -3.48. The number of carbonyl (C=O) groups excluding carboxylic acids is 1. The molecular formula is C22H27N5O3S. The van der Waals surface area contributed by atoms with E-state index in [0.29, 0.717) is 12.5 Å². The van der Waals surface area contributed by atoms with Crippen molar-refractivity contribution < 1.29 is 13.7 Å². The van der Waals surface area contributed by atoms with Gasteiger partial charge in [0, 0.05) is 11.1 Å². The molecule has 1 saturated carbocycles. The number of hydrogen-bond acceptors (Lipinski definition) is 4. The molecule has 31 heavy (non-hydrogen) atoms. The van der Waals surface area contributed by atoms with Crippen LogP contribution in [0.2, 0.25) is 0 Å². The van der Waals surface area contributed by atoms with Crippen LogP contribution in [0.1, 0.15) is 54.4 Å². The van der Waals surface area contributed by atoms with Crippen molar-refractivity contribution in [2.45, 2.75) is 69.2 Å². The maximum atomic E-state index is 13.3. The second-order valence-corrected chi connectivity index (χ2v) is 11.2. The molecule has 1 fully saturated rings. The van der Waals surface area contributed by atoms with Gasteiger partial charge in [0.05, 0.1) is 19.3 Å². The number of benzene rings is 1. The Morgan fingerprint density at radius 3 is 2.52 bits per heavy atom. The average Bonchev–Trinajstić information content (AvgIpc) is 3.44. The lowest BCUT2D eigenvalue weighted by Gasteiger charge is -2.44. The van der Waals surface area contributed by atoms with Gasteiger partial charge < -0.3 is 10.1 Å². The van der Waals surface area contributed by atoms with E-state index in [9.17, 15) is 9.00 Å². The van der Waals surface area contributed by atoms with Crippen LogP contribution < -0.4 is 15.2 Å². The molecular weight excluding hydrogens is 414 g/mol. The summed E-state index contributed by atoms with van der Waals surface area (Å²) >= 11 is 0. The highest BCUT2D eigenvalue weighted by Gasteiger charge is 2.43. The number of hydrogen-bond donors (Lipinski definition) is 2. The summed E-state index contributed by atoms with van der Waals surface area (Å²) in [6.45, 7) is 1.29. The van der Waals surface area contributed by atoms with Gasteiger partial charge in [-0.15, -0.1) is 4.36 Å². The van der Waals surface area contributed by atoms with Crippen molar-refractivity contribution in [2.75, 3.05) is 11.9 Å². The third-order valence-electron chi connectivity index (χ3n) is 7.41. The van der Waals surface area contributed by atoms with Crippen molar-refractivity contribution in [1.82, 2.24) is 9.78 Å². The van der Waals surface area contributed by atoms with Gasteiger partial charge in [0.25, 0.3) is 0 Å². The molecule has 1 spiro atoms. The SMILES string of the molecule is N[S@](=O)(=NC(=O)Nc1c2c(cc3c1CCC3)CCC2)c1cnn2c1OCC1(CCC1)C2. The van der Waals surface area contributed by atoms with Gasteiger partial charge >= 0.3 is 6.03 Å². The second-order valence-electron chi connectivity index (χ2n) is 9.44. The van der Waals surface area contributed by atoms with Crippen LogP contribution in [0.3, 0.4) is 0 Å². The van der Waals surface area contributed by atoms with E-state index in [4.69, 9.17) is 9.88 Å². The topological polar surface area (TPSA) is 112 Å². The summed E-state index contributed by atoms with van der Waals surface area (Å²) in [4.78, 5) is 13.0. The number of aromatic nitrogens is 2. The van der Waals surface area contributed by atoms with Crippen LogP contribution in [0.15, 0.2) is 21.5 Å². The van der Waals surface area contributed by atoms with E-state index in [0.717, 1.165) is 63.6 Å². The molecule has 0 saturated heterocycles. The van der Waals surface area contributed by atoms with E-state index in [1.165, 1.54) is 34.9 Å². The van der Waals surface area contributed by atoms with E-state index >= 15 is 0 Å². The van der Waals surface area contributed by atoms with E-state index < -0.39 is 15.9 Å². The molecule has 3 N–H and O–H groups in total. The summed E-state index contributed by atoms with van der Waals surface area (Å²) in [6, 6.07) is 1.63. The Morgan fingerprint density at radius 2 is 1.87 bits per heavy atom. The summed E-state index contributed by atoms with van der Waals surface area (Å²) in [5, 5.41) is 13.3. The Kier molecular flexibility index (Phi) is 4.24. The van der Waals surface area contributed by atoms with Gasteiger partial charge in [-0.25, -0.2) is 18.8 Å². The zero-order chi connectivity index (χ0) is 21.2. The molecule has 0 radical (unpaired) electrons. The largest absolute Gasteiger partial charge is 0.476 e. The standard InChI is InChI=1S/C22H27N5O3S/c23-31(29,18-11-24-27-12-22(8-3-9-22)13-30-20(18)27)26-21(28)25-19-16-6-1-4-14(16)10-15-5-2-7-17(15)19/h10-11H,1-9,12-13H2,(H3,23,25,26,28,29)/t31-/m0/s1. The lowest BCUT2D eigenvalue weighted by atomic mass is 9.69. The molecule has 0 bridgehead atoms. The van der Waals surface area contributed by atoms with Gasteiger partial charge in [0.1, 0.15) is 4.90 Å². The Bertz CT molecular complexity index is 1190. The molecule has 1 atom stereocenters. The maximum Gasteiger partial charge on any atom is 0.354 e. The summed E-state index contributed by atoms with van der Waals surface area (Å²) < 4.78 is 24.8. The first-order valence-corrected chi connectivity index (χ1v) is 12.7. The number of carbonyl (C=O) groups is 1. The van der Waals surface area contributed by atoms with Gasteiger partial charge in [0.15, 0.2) is 9.92 Å². The van der Waals surface area contributed by atoms with Gasteiger partial charge in [-0.05, 0) is 73.6 Å². The van der Waals surface area contributed by atoms with Crippen molar-refractivity contribution in [3.63, 3.8) is 0 Å². The van der Waals surface area contributed by atoms with E-state index in [1.807, 2.05) is 0 Å². The summed E-state index contributed by atoms with van der Waals surface area (Å²) in [5.74, 6) is 0.378. The summed E-state index contributed by atoms with van der Waals surface area (Å²) in [6.07, 6.45) is 11.0. The van der Waals surface area contributed by atoms with Gasteiger partial charge in [-0.1, -0.05) is 12.5 Å². The van der Waals surface area contributed by atoms with E-state index in [2.05, 4.69) is 20.8 Å². The van der Waals surface area contributed by atoms with Gasteiger partial charge in [-0.2, -0.15) is 5.10 Å². The highest BCUT2D eigenvalue weighted by Crippen LogP contribution is 2.46. The Balaban J connectivity index is 1.30. The number of anilines is 1. The second kappa shape index (κ2) is 6.80. The Morgan fingerprint density at radius 1 is 1.16 bits per heavy atom. The quantitative estimate of drug-likeness (QED) is 0.744. The fraction of sp³-hybridized carbons (Fsp3) is 0.545. The number of nitrogens with zero attached hydrogens (tertiary/aromatic N) is 3. The first-order valence-electron chi connectivity index (χ1n) is 11.2. The third-order valence-corrected chi connectivity index (χ3v) is 8.76. The lowest BCUT2D eigenvalue weighted by molar-refractivity contribution is 0.000132. The van der Waals surface area contributed by atoms with Crippen LogP contribution in [-0.2, 0) is 42.1 Å². The highest BCUT2D eigenvalue weighted by molar-refractivity contribution is 7.91. The van der Waals surface area contributed by atoms with Gasteiger partial charge in [0.2, 0.25) is 5.88 Å². The first-order chi connectivity index (χ1) is 14.9. The summed E-state index contributed by atoms with van der Waals surface area (Å²) in [5.41, 5.74) is 6.03. The van der Waals surface area contributed by atoms with Crippen molar-refractivity contribution in [3.05, 3.63) is 34.5 Å². The van der Waals surface area contributed by atoms with Crippen LogP contribution in [-0.4, -0.2) is 26.6 Å². The predicted molar refractivity (Wildman–Crippen MR) is 117 cm³/mol. The number of fused-ring (bicyclic) bond motifs is 3. The normalized spacial score (nSPS) is 22.0. The number of ether oxygens (including phenoxy) is 1. The number of urea groups is 1. The van der Waals surface area contributed by atoms with Crippen LogP contribution in [0.5, 0.6) is 5.88 Å². The molecule has 164 valence electrons. The monoisotopic (exact) mass is 441 g/mol. The van der Waals surface area contributed by atoms with Gasteiger partial charge in [-0.3, -0.25) is 0 Å². The maximum absolute atomic E-state index is 13.3. The summed E-state index contributed by atoms with van der Waals surface area (Å²) in [7, 11) is -3.48. The molecule has 2 heterocycles. The molecule has 4 aliphatic rings. The minimum absolute atomic E-state index is 0.133. The van der Waals surface area contributed by atoms with Crippen LogP contribution >= 0.6 is 0 Å². The molecule has 9 heteroatoms. The fourth-order valence-corrected chi connectivity index (χ4v) is 6.65. The van der Waals surface area contributed by atoms with E-state index in [-0.39, 0.29) is 10.3 Å². The Labute approximate surface area is 181 Å². The van der Waals surface area contributed by atoms with Crippen LogP contribution in [0.4, 0.5) is 10.5 Å². The molecule has 1 aromatic carbocycles. The zero-order valence-corrected chi connectivity index (χ0v) is 18.3. The van der Waals surface area contributed by atoms with Crippen molar-refractivity contribution in [2.24, 2.45) is 14.9 Å². The minimum Gasteiger partial charge on any atom is -0.476 e. The molecule has 8 nitrogen and oxygen atoms in total. The zero-order valence-electron chi connectivity index (χ0n) is 17.5. The van der Waals surface area contributed by atoms with Crippen molar-refractivity contribution in [1.29, 1.82) is 0 Å².